The van der Waals surface area contributed by atoms with E-state index in [4.69, 9.17) is 5.11 Å². The van der Waals surface area contributed by atoms with E-state index in [2.05, 4.69) is 0 Å². The van der Waals surface area contributed by atoms with Crippen molar-refractivity contribution in [3.8, 4) is 0 Å². The SMILES string of the molecule is O=C1CCC(CO)c2ccccc21. The van der Waals surface area contributed by atoms with E-state index in [1.54, 1.807) is 0 Å². The molecule has 68 valence electrons. The first-order chi connectivity index (χ1) is 6.33. The van der Waals surface area contributed by atoms with Crippen LogP contribution in [0, 0.1) is 0 Å². The maximum atomic E-state index is 11.5. The molecule has 0 spiro atoms. The number of carbonyl (C=O) groups is 1. The molecule has 0 saturated carbocycles. The molecule has 1 aliphatic rings. The third-order valence-corrected chi connectivity index (χ3v) is 2.64. The first-order valence-electron chi connectivity index (χ1n) is 4.56. The first kappa shape index (κ1) is 8.45. The number of aliphatic hydroxyl groups is 1. The lowest BCUT2D eigenvalue weighted by Gasteiger charge is -2.22. The second kappa shape index (κ2) is 3.30. The van der Waals surface area contributed by atoms with E-state index in [1.165, 1.54) is 0 Å². The van der Waals surface area contributed by atoms with Crippen LogP contribution < -0.4 is 0 Å². The van der Waals surface area contributed by atoms with Crippen LogP contribution >= 0.6 is 0 Å². The van der Waals surface area contributed by atoms with E-state index in [0.29, 0.717) is 6.42 Å². The summed E-state index contributed by atoms with van der Waals surface area (Å²) in [5.74, 6) is 0.370. The van der Waals surface area contributed by atoms with Crippen molar-refractivity contribution in [3.63, 3.8) is 0 Å². The predicted octanol–water partition coefficient (Wildman–Crippen LogP) is 1.74. The lowest BCUT2D eigenvalue weighted by atomic mass is 9.83. The average molecular weight is 176 g/mol. The lowest BCUT2D eigenvalue weighted by Crippen LogP contribution is -2.17. The molecule has 1 atom stereocenters. The minimum atomic E-state index is 0.143. The van der Waals surface area contributed by atoms with Crippen molar-refractivity contribution in [2.45, 2.75) is 18.8 Å². The number of aliphatic hydroxyl groups excluding tert-OH is 1. The Bertz CT molecular complexity index is 331. The van der Waals surface area contributed by atoms with Crippen molar-refractivity contribution < 1.29 is 9.90 Å². The van der Waals surface area contributed by atoms with Gasteiger partial charge in [0.2, 0.25) is 0 Å². The van der Waals surface area contributed by atoms with Crippen LogP contribution in [0.3, 0.4) is 0 Å². The van der Waals surface area contributed by atoms with Gasteiger partial charge in [0.05, 0.1) is 0 Å². The van der Waals surface area contributed by atoms with Gasteiger partial charge in [-0.15, -0.1) is 0 Å². The highest BCUT2D eigenvalue weighted by atomic mass is 16.3. The molecule has 2 heteroatoms. The van der Waals surface area contributed by atoms with Gasteiger partial charge in [0.1, 0.15) is 0 Å². The average Bonchev–Trinajstić information content (AvgIpc) is 2.19. The summed E-state index contributed by atoms with van der Waals surface area (Å²) in [4.78, 5) is 11.5. The van der Waals surface area contributed by atoms with E-state index in [-0.39, 0.29) is 18.3 Å². The van der Waals surface area contributed by atoms with Gasteiger partial charge in [-0.05, 0) is 12.0 Å². The molecule has 1 aromatic rings. The minimum absolute atomic E-state index is 0.143. The highest BCUT2D eigenvalue weighted by molar-refractivity contribution is 5.98. The van der Waals surface area contributed by atoms with Crippen LogP contribution in [-0.2, 0) is 0 Å². The third kappa shape index (κ3) is 1.38. The normalized spacial score (nSPS) is 21.3. The van der Waals surface area contributed by atoms with Crippen LogP contribution in [0.5, 0.6) is 0 Å². The predicted molar refractivity (Wildman–Crippen MR) is 49.8 cm³/mol. The summed E-state index contributed by atoms with van der Waals surface area (Å²) in [6.07, 6.45) is 1.36. The highest BCUT2D eigenvalue weighted by Gasteiger charge is 2.23. The van der Waals surface area contributed by atoms with Gasteiger partial charge in [0.25, 0.3) is 0 Å². The molecule has 1 aliphatic carbocycles. The van der Waals surface area contributed by atoms with Gasteiger partial charge in [0.15, 0.2) is 5.78 Å². The van der Waals surface area contributed by atoms with Crippen molar-refractivity contribution in [1.29, 1.82) is 0 Å². The summed E-state index contributed by atoms with van der Waals surface area (Å²) < 4.78 is 0. The third-order valence-electron chi connectivity index (χ3n) is 2.64. The Morgan fingerprint density at radius 2 is 2.15 bits per heavy atom. The van der Waals surface area contributed by atoms with Gasteiger partial charge >= 0.3 is 0 Å². The Hall–Kier alpha value is -1.15. The van der Waals surface area contributed by atoms with Gasteiger partial charge in [-0.3, -0.25) is 4.79 Å². The summed E-state index contributed by atoms with van der Waals surface area (Å²) in [7, 11) is 0. The fraction of sp³-hybridized carbons (Fsp3) is 0.364. The second-order valence-electron chi connectivity index (χ2n) is 3.43. The van der Waals surface area contributed by atoms with Crippen molar-refractivity contribution in [1.82, 2.24) is 0 Å². The smallest absolute Gasteiger partial charge is 0.163 e. The van der Waals surface area contributed by atoms with Crippen LogP contribution in [-0.4, -0.2) is 17.5 Å². The molecule has 0 saturated heterocycles. The van der Waals surface area contributed by atoms with E-state index in [1.807, 2.05) is 24.3 Å². The number of benzene rings is 1. The summed E-state index contributed by atoms with van der Waals surface area (Å²) in [5.41, 5.74) is 1.81. The summed E-state index contributed by atoms with van der Waals surface area (Å²) >= 11 is 0. The van der Waals surface area contributed by atoms with E-state index >= 15 is 0 Å². The summed E-state index contributed by atoms with van der Waals surface area (Å²) in [6, 6.07) is 7.57. The molecule has 0 aromatic heterocycles. The molecule has 2 nitrogen and oxygen atoms in total. The Labute approximate surface area is 77.2 Å². The van der Waals surface area contributed by atoms with E-state index in [0.717, 1.165) is 17.5 Å². The summed E-state index contributed by atoms with van der Waals surface area (Å²) in [6.45, 7) is 0.143. The van der Waals surface area contributed by atoms with Crippen LogP contribution in [0.2, 0.25) is 0 Å². The minimum Gasteiger partial charge on any atom is -0.396 e. The van der Waals surface area contributed by atoms with Gasteiger partial charge in [-0.2, -0.15) is 0 Å². The molecule has 1 unspecified atom stereocenters. The second-order valence-corrected chi connectivity index (χ2v) is 3.43. The largest absolute Gasteiger partial charge is 0.396 e. The molecule has 0 amide bonds. The summed E-state index contributed by atoms with van der Waals surface area (Å²) in [5, 5.41) is 9.11. The zero-order chi connectivity index (χ0) is 9.26. The number of rotatable bonds is 1. The van der Waals surface area contributed by atoms with Gasteiger partial charge in [0, 0.05) is 24.5 Å². The number of ketones is 1. The van der Waals surface area contributed by atoms with Gasteiger partial charge in [-0.1, -0.05) is 24.3 Å². The van der Waals surface area contributed by atoms with Crippen molar-refractivity contribution in [2.75, 3.05) is 6.61 Å². The number of hydrogen-bond acceptors (Lipinski definition) is 2. The van der Waals surface area contributed by atoms with Crippen LogP contribution in [0.25, 0.3) is 0 Å². The molecule has 2 rings (SSSR count). The fourth-order valence-electron chi connectivity index (χ4n) is 1.89. The first-order valence-corrected chi connectivity index (χ1v) is 4.56. The maximum Gasteiger partial charge on any atom is 0.163 e. The topological polar surface area (TPSA) is 37.3 Å². The number of carbonyl (C=O) groups excluding carboxylic acids is 1. The number of Topliss-reactive ketones (excluding diaryl/α,β-unsaturated/α-hetero) is 1. The molecular weight excluding hydrogens is 164 g/mol. The molecule has 0 bridgehead atoms. The Kier molecular flexibility index (Phi) is 2.15. The molecule has 1 aromatic carbocycles. The molecule has 0 heterocycles. The number of hydrogen-bond donors (Lipinski definition) is 1. The van der Waals surface area contributed by atoms with Gasteiger partial charge in [-0.25, -0.2) is 0 Å². The molecule has 0 radical (unpaired) electrons. The van der Waals surface area contributed by atoms with Crippen molar-refractivity contribution >= 4 is 5.78 Å². The molecule has 0 aliphatic heterocycles. The standard InChI is InChI=1S/C11H12O2/c12-7-8-5-6-11(13)10-4-2-1-3-9(8)10/h1-4,8,12H,5-7H2. The highest BCUT2D eigenvalue weighted by Crippen LogP contribution is 2.30. The quantitative estimate of drug-likeness (QED) is 0.707. The van der Waals surface area contributed by atoms with E-state index < -0.39 is 0 Å². The Morgan fingerprint density at radius 3 is 2.92 bits per heavy atom. The molecule has 1 N–H and O–H groups in total. The van der Waals surface area contributed by atoms with Gasteiger partial charge < -0.3 is 5.11 Å². The van der Waals surface area contributed by atoms with Crippen LogP contribution in [0.15, 0.2) is 24.3 Å². The maximum absolute atomic E-state index is 11.5. The molecular formula is C11H12O2. The Morgan fingerprint density at radius 1 is 1.38 bits per heavy atom. The van der Waals surface area contributed by atoms with Crippen LogP contribution in [0.1, 0.15) is 34.7 Å². The zero-order valence-corrected chi connectivity index (χ0v) is 7.36. The monoisotopic (exact) mass is 176 g/mol. The lowest BCUT2D eigenvalue weighted by molar-refractivity contribution is 0.0960. The number of fused-ring (bicyclic) bond motifs is 1. The van der Waals surface area contributed by atoms with Crippen molar-refractivity contribution in [2.24, 2.45) is 0 Å². The molecule has 0 fully saturated rings. The fourth-order valence-corrected chi connectivity index (χ4v) is 1.89. The zero-order valence-electron chi connectivity index (χ0n) is 7.36. The molecule has 13 heavy (non-hydrogen) atoms. The Balaban J connectivity index is 2.47. The van der Waals surface area contributed by atoms with Crippen molar-refractivity contribution in [3.05, 3.63) is 35.4 Å². The van der Waals surface area contributed by atoms with E-state index in [9.17, 15) is 4.79 Å². The van der Waals surface area contributed by atoms with Crippen LogP contribution in [0.4, 0.5) is 0 Å².